The molecule has 0 saturated carbocycles. The molecule has 86 valence electrons. The van der Waals surface area contributed by atoms with E-state index in [1.807, 2.05) is 6.07 Å². The van der Waals surface area contributed by atoms with Gasteiger partial charge in [-0.1, -0.05) is 54.6 Å². The molecule has 1 aliphatic carbocycles. The van der Waals surface area contributed by atoms with E-state index < -0.39 is 0 Å². The number of benzene rings is 2. The summed E-state index contributed by atoms with van der Waals surface area (Å²) >= 11 is 0. The highest BCUT2D eigenvalue weighted by atomic mass is 14.7. The molecule has 2 atom stereocenters. The Labute approximate surface area is 102 Å². The molecule has 2 aromatic carbocycles. The van der Waals surface area contributed by atoms with Crippen molar-refractivity contribution in [1.82, 2.24) is 0 Å². The van der Waals surface area contributed by atoms with Crippen molar-refractivity contribution in [1.29, 1.82) is 0 Å². The largest absolute Gasteiger partial charge is 0.327 e. The summed E-state index contributed by atoms with van der Waals surface area (Å²) in [5, 5.41) is 0. The van der Waals surface area contributed by atoms with Crippen LogP contribution < -0.4 is 5.73 Å². The lowest BCUT2D eigenvalue weighted by atomic mass is 9.72. The van der Waals surface area contributed by atoms with Crippen LogP contribution in [0.15, 0.2) is 54.6 Å². The van der Waals surface area contributed by atoms with Crippen LogP contribution in [0.2, 0.25) is 0 Å². The van der Waals surface area contributed by atoms with Crippen molar-refractivity contribution in [2.24, 2.45) is 5.73 Å². The van der Waals surface area contributed by atoms with E-state index in [2.05, 4.69) is 48.5 Å². The van der Waals surface area contributed by atoms with E-state index in [1.54, 1.807) is 0 Å². The van der Waals surface area contributed by atoms with Crippen LogP contribution in [0.25, 0.3) is 0 Å². The van der Waals surface area contributed by atoms with Gasteiger partial charge in [0.15, 0.2) is 0 Å². The van der Waals surface area contributed by atoms with Crippen LogP contribution in [0.1, 0.15) is 22.6 Å². The lowest BCUT2D eigenvalue weighted by Crippen LogP contribution is -2.37. The third-order valence-electron chi connectivity index (χ3n) is 3.73. The van der Waals surface area contributed by atoms with Gasteiger partial charge in [-0.25, -0.2) is 0 Å². The van der Waals surface area contributed by atoms with Crippen molar-refractivity contribution >= 4 is 0 Å². The standard InChI is InChI=1S/C16H17N/c17-16(10-12-6-2-1-3-7-12)15-11-13-8-4-5-9-14(13)15/h1-9,15-16H,10-11,17H2. The van der Waals surface area contributed by atoms with E-state index >= 15 is 0 Å². The number of fused-ring (bicyclic) bond motifs is 1. The van der Waals surface area contributed by atoms with Gasteiger partial charge in [-0.3, -0.25) is 0 Å². The molecule has 1 heteroatoms. The molecule has 0 spiro atoms. The molecule has 3 rings (SSSR count). The average molecular weight is 223 g/mol. The first-order valence-corrected chi connectivity index (χ1v) is 6.22. The highest BCUT2D eigenvalue weighted by Gasteiger charge is 2.30. The summed E-state index contributed by atoms with van der Waals surface area (Å²) in [6, 6.07) is 19.4. The van der Waals surface area contributed by atoms with Gasteiger partial charge in [-0.05, 0) is 29.5 Å². The second kappa shape index (κ2) is 4.34. The van der Waals surface area contributed by atoms with Crippen molar-refractivity contribution in [3.8, 4) is 0 Å². The Hall–Kier alpha value is -1.60. The molecule has 17 heavy (non-hydrogen) atoms. The minimum Gasteiger partial charge on any atom is -0.327 e. The van der Waals surface area contributed by atoms with Gasteiger partial charge in [-0.2, -0.15) is 0 Å². The maximum absolute atomic E-state index is 6.33. The Morgan fingerprint density at radius 3 is 2.47 bits per heavy atom. The van der Waals surface area contributed by atoms with E-state index in [9.17, 15) is 0 Å². The first kappa shape index (κ1) is 10.5. The third-order valence-corrected chi connectivity index (χ3v) is 3.73. The molecule has 0 heterocycles. The summed E-state index contributed by atoms with van der Waals surface area (Å²) in [6.45, 7) is 0. The summed E-state index contributed by atoms with van der Waals surface area (Å²) in [5.74, 6) is 0.548. The van der Waals surface area contributed by atoms with Gasteiger partial charge < -0.3 is 5.73 Å². The maximum Gasteiger partial charge on any atom is 0.0152 e. The van der Waals surface area contributed by atoms with Crippen molar-refractivity contribution in [2.75, 3.05) is 0 Å². The predicted octanol–water partition coefficient (Wildman–Crippen LogP) is 2.90. The monoisotopic (exact) mass is 223 g/mol. The van der Waals surface area contributed by atoms with Crippen molar-refractivity contribution < 1.29 is 0 Å². The lowest BCUT2D eigenvalue weighted by Gasteiger charge is -2.34. The van der Waals surface area contributed by atoms with Crippen LogP contribution >= 0.6 is 0 Å². The quantitative estimate of drug-likeness (QED) is 0.850. The number of hydrogen-bond donors (Lipinski definition) is 1. The molecule has 2 unspecified atom stereocenters. The summed E-state index contributed by atoms with van der Waals surface area (Å²) < 4.78 is 0. The lowest BCUT2D eigenvalue weighted by molar-refractivity contribution is 0.480. The Bertz CT molecular complexity index is 504. The average Bonchev–Trinajstić information content (AvgIpc) is 2.32. The molecule has 0 amide bonds. The summed E-state index contributed by atoms with van der Waals surface area (Å²) in [7, 11) is 0. The van der Waals surface area contributed by atoms with E-state index in [-0.39, 0.29) is 6.04 Å². The minimum absolute atomic E-state index is 0.243. The molecule has 1 aliphatic rings. The minimum atomic E-state index is 0.243. The molecule has 0 bridgehead atoms. The predicted molar refractivity (Wildman–Crippen MR) is 71.0 cm³/mol. The van der Waals surface area contributed by atoms with Gasteiger partial charge in [-0.15, -0.1) is 0 Å². The molecule has 0 aromatic heterocycles. The van der Waals surface area contributed by atoms with E-state index in [0.29, 0.717) is 5.92 Å². The van der Waals surface area contributed by atoms with E-state index in [1.165, 1.54) is 16.7 Å². The van der Waals surface area contributed by atoms with Crippen LogP contribution in [0.4, 0.5) is 0 Å². The molecule has 2 aromatic rings. The zero-order valence-electron chi connectivity index (χ0n) is 9.84. The topological polar surface area (TPSA) is 26.0 Å². The zero-order valence-corrected chi connectivity index (χ0v) is 9.84. The molecule has 2 N–H and O–H groups in total. The first-order valence-electron chi connectivity index (χ1n) is 6.22. The Morgan fingerprint density at radius 1 is 1.00 bits per heavy atom. The fraction of sp³-hybridized carbons (Fsp3) is 0.250. The number of rotatable bonds is 3. The van der Waals surface area contributed by atoms with Gasteiger partial charge >= 0.3 is 0 Å². The van der Waals surface area contributed by atoms with Crippen LogP contribution in [-0.2, 0) is 12.8 Å². The fourth-order valence-corrected chi connectivity index (χ4v) is 2.71. The van der Waals surface area contributed by atoms with Gasteiger partial charge in [0.1, 0.15) is 0 Å². The van der Waals surface area contributed by atoms with Crippen molar-refractivity contribution in [2.45, 2.75) is 24.8 Å². The van der Waals surface area contributed by atoms with Gasteiger partial charge in [0.05, 0.1) is 0 Å². The van der Waals surface area contributed by atoms with Crippen LogP contribution in [0.5, 0.6) is 0 Å². The zero-order chi connectivity index (χ0) is 11.7. The Morgan fingerprint density at radius 2 is 1.71 bits per heavy atom. The summed E-state index contributed by atoms with van der Waals surface area (Å²) in [5.41, 5.74) is 10.6. The fourth-order valence-electron chi connectivity index (χ4n) is 2.71. The molecule has 0 saturated heterocycles. The second-order valence-corrected chi connectivity index (χ2v) is 4.86. The van der Waals surface area contributed by atoms with Gasteiger partial charge in [0.2, 0.25) is 0 Å². The van der Waals surface area contributed by atoms with Crippen molar-refractivity contribution in [3.63, 3.8) is 0 Å². The SMILES string of the molecule is NC(Cc1ccccc1)C1Cc2ccccc21. The van der Waals surface area contributed by atoms with E-state index in [0.717, 1.165) is 12.8 Å². The third kappa shape index (κ3) is 1.98. The molecule has 0 aliphatic heterocycles. The maximum atomic E-state index is 6.33. The molecule has 1 nitrogen and oxygen atoms in total. The number of nitrogens with two attached hydrogens (primary N) is 1. The summed E-state index contributed by atoms with van der Waals surface area (Å²) in [4.78, 5) is 0. The molecule has 0 fully saturated rings. The summed E-state index contributed by atoms with van der Waals surface area (Å²) in [6.07, 6.45) is 2.12. The molecular weight excluding hydrogens is 206 g/mol. The normalized spacial score (nSPS) is 19.2. The van der Waals surface area contributed by atoms with E-state index in [4.69, 9.17) is 5.73 Å². The molecule has 0 radical (unpaired) electrons. The van der Waals surface area contributed by atoms with Gasteiger partial charge in [0.25, 0.3) is 0 Å². The smallest absolute Gasteiger partial charge is 0.0152 e. The van der Waals surface area contributed by atoms with Crippen LogP contribution in [-0.4, -0.2) is 6.04 Å². The van der Waals surface area contributed by atoms with Gasteiger partial charge in [0, 0.05) is 12.0 Å². The Kier molecular flexibility index (Phi) is 2.69. The van der Waals surface area contributed by atoms with Crippen LogP contribution in [0, 0.1) is 0 Å². The van der Waals surface area contributed by atoms with Crippen molar-refractivity contribution in [3.05, 3.63) is 71.3 Å². The number of hydrogen-bond acceptors (Lipinski definition) is 1. The molecular formula is C16H17N. The second-order valence-electron chi connectivity index (χ2n) is 4.86. The first-order chi connectivity index (χ1) is 8.34. The highest BCUT2D eigenvalue weighted by molar-refractivity contribution is 5.41. The Balaban J connectivity index is 1.72. The van der Waals surface area contributed by atoms with Crippen LogP contribution in [0.3, 0.4) is 0 Å². The highest BCUT2D eigenvalue weighted by Crippen LogP contribution is 2.37.